The molecule has 2 rings (SSSR count). The number of halogens is 1. The summed E-state index contributed by atoms with van der Waals surface area (Å²) < 4.78 is 5.78. The Balaban J connectivity index is 0.00000102. The van der Waals surface area contributed by atoms with E-state index >= 15 is 0 Å². The SMILES string of the molecule is CC.CC.COC(=O)C1CCN(Cc2ccc(Br)cn2)CC1. The van der Waals surface area contributed by atoms with Gasteiger partial charge in [-0.25, -0.2) is 0 Å². The molecule has 22 heavy (non-hydrogen) atoms. The van der Waals surface area contributed by atoms with Crippen molar-refractivity contribution in [2.75, 3.05) is 20.2 Å². The van der Waals surface area contributed by atoms with E-state index in [0.717, 1.165) is 42.6 Å². The summed E-state index contributed by atoms with van der Waals surface area (Å²) in [5.74, 6) is 0.000503. The Labute approximate surface area is 143 Å². The molecule has 5 heteroatoms. The fraction of sp³-hybridized carbons (Fsp3) is 0.647. The second-order valence-electron chi connectivity index (χ2n) is 4.54. The molecule has 1 fully saturated rings. The lowest BCUT2D eigenvalue weighted by Gasteiger charge is -2.30. The molecule has 4 nitrogen and oxygen atoms in total. The maximum Gasteiger partial charge on any atom is 0.308 e. The van der Waals surface area contributed by atoms with Crippen molar-refractivity contribution in [1.29, 1.82) is 0 Å². The van der Waals surface area contributed by atoms with Crippen LogP contribution in [-0.2, 0) is 16.1 Å². The van der Waals surface area contributed by atoms with E-state index in [1.54, 1.807) is 0 Å². The van der Waals surface area contributed by atoms with Crippen LogP contribution in [0.2, 0.25) is 0 Å². The predicted molar refractivity (Wildman–Crippen MR) is 94.7 cm³/mol. The minimum atomic E-state index is -0.0728. The van der Waals surface area contributed by atoms with E-state index in [1.807, 2.05) is 46.0 Å². The number of aromatic nitrogens is 1. The van der Waals surface area contributed by atoms with E-state index in [4.69, 9.17) is 4.74 Å². The third kappa shape index (κ3) is 7.36. The van der Waals surface area contributed by atoms with Gasteiger partial charge in [0.25, 0.3) is 0 Å². The molecular weight excluding hydrogens is 344 g/mol. The van der Waals surface area contributed by atoms with Gasteiger partial charge in [0.2, 0.25) is 0 Å². The van der Waals surface area contributed by atoms with Crippen LogP contribution in [0.15, 0.2) is 22.8 Å². The van der Waals surface area contributed by atoms with Gasteiger partial charge in [-0.05, 0) is 54.0 Å². The Kier molecular flexibility index (Phi) is 12.1. The molecule has 1 aliphatic heterocycles. The molecule has 1 aromatic rings. The van der Waals surface area contributed by atoms with Gasteiger partial charge in [-0.1, -0.05) is 27.7 Å². The zero-order chi connectivity index (χ0) is 17.0. The number of nitrogens with zero attached hydrogens (tertiary/aromatic N) is 2. The first-order chi connectivity index (χ1) is 10.7. The van der Waals surface area contributed by atoms with Crippen LogP contribution in [0.1, 0.15) is 46.2 Å². The minimum absolute atomic E-state index is 0.0728. The largest absolute Gasteiger partial charge is 0.469 e. The second kappa shape index (κ2) is 12.6. The number of methoxy groups -OCH3 is 1. The lowest BCUT2D eigenvalue weighted by molar-refractivity contribution is -0.147. The van der Waals surface area contributed by atoms with E-state index < -0.39 is 0 Å². The summed E-state index contributed by atoms with van der Waals surface area (Å²) >= 11 is 3.37. The third-order valence-corrected chi connectivity index (χ3v) is 3.77. The van der Waals surface area contributed by atoms with Gasteiger partial charge in [-0.15, -0.1) is 0 Å². The number of hydrogen-bond acceptors (Lipinski definition) is 4. The average molecular weight is 373 g/mol. The molecule has 126 valence electrons. The van der Waals surface area contributed by atoms with Gasteiger partial charge >= 0.3 is 5.97 Å². The molecule has 1 aliphatic rings. The number of hydrogen-bond donors (Lipinski definition) is 0. The molecule has 0 bridgehead atoms. The number of piperidine rings is 1. The summed E-state index contributed by atoms with van der Waals surface area (Å²) in [6.07, 6.45) is 3.57. The van der Waals surface area contributed by atoms with E-state index in [2.05, 4.69) is 25.8 Å². The first-order valence-corrected chi connectivity index (χ1v) is 8.89. The van der Waals surface area contributed by atoms with Crippen molar-refractivity contribution < 1.29 is 9.53 Å². The highest BCUT2D eigenvalue weighted by molar-refractivity contribution is 9.10. The van der Waals surface area contributed by atoms with Crippen LogP contribution in [0.5, 0.6) is 0 Å². The number of ether oxygens (including phenoxy) is 1. The van der Waals surface area contributed by atoms with Crippen molar-refractivity contribution in [2.45, 2.75) is 47.1 Å². The van der Waals surface area contributed by atoms with Gasteiger partial charge in [-0.3, -0.25) is 14.7 Å². The maximum atomic E-state index is 11.4. The molecule has 0 saturated carbocycles. The smallest absolute Gasteiger partial charge is 0.308 e. The Bertz CT molecular complexity index is 402. The summed E-state index contributed by atoms with van der Waals surface area (Å²) in [4.78, 5) is 18.1. The van der Waals surface area contributed by atoms with Crippen LogP contribution < -0.4 is 0 Å². The maximum absolute atomic E-state index is 11.4. The molecule has 0 amide bonds. The Morgan fingerprint density at radius 1 is 1.27 bits per heavy atom. The normalized spacial score (nSPS) is 15.0. The number of likely N-dealkylation sites (tertiary alicyclic amines) is 1. The molecule has 0 radical (unpaired) electrons. The standard InChI is InChI=1S/C13H17BrN2O2.2C2H6/c1-18-13(17)10-4-6-16(7-5-10)9-12-3-2-11(14)8-15-12;2*1-2/h2-3,8,10H,4-7,9H2,1H3;2*1-2H3. The highest BCUT2D eigenvalue weighted by atomic mass is 79.9. The van der Waals surface area contributed by atoms with Gasteiger partial charge in [0, 0.05) is 17.2 Å². The minimum Gasteiger partial charge on any atom is -0.469 e. The molecule has 1 saturated heterocycles. The monoisotopic (exact) mass is 372 g/mol. The van der Waals surface area contributed by atoms with Gasteiger partial charge in [0.05, 0.1) is 18.7 Å². The van der Waals surface area contributed by atoms with Crippen molar-refractivity contribution in [2.24, 2.45) is 5.92 Å². The van der Waals surface area contributed by atoms with E-state index in [-0.39, 0.29) is 11.9 Å². The highest BCUT2D eigenvalue weighted by Gasteiger charge is 2.25. The molecule has 0 N–H and O–H groups in total. The Hall–Kier alpha value is -0.940. The first kappa shape index (κ1) is 21.1. The van der Waals surface area contributed by atoms with Crippen molar-refractivity contribution >= 4 is 21.9 Å². The molecule has 0 atom stereocenters. The molecule has 1 aromatic heterocycles. The number of carbonyl (C=O) groups is 1. The molecular formula is C17H29BrN2O2. The van der Waals surface area contributed by atoms with Crippen LogP contribution in [-0.4, -0.2) is 36.1 Å². The van der Waals surface area contributed by atoms with Crippen LogP contribution >= 0.6 is 15.9 Å². The number of carbonyl (C=O) groups excluding carboxylic acids is 1. The van der Waals surface area contributed by atoms with Gasteiger partial charge in [0.1, 0.15) is 0 Å². The molecule has 0 aliphatic carbocycles. The van der Waals surface area contributed by atoms with Gasteiger partial charge in [0.15, 0.2) is 0 Å². The van der Waals surface area contributed by atoms with Crippen LogP contribution in [0, 0.1) is 5.92 Å². The fourth-order valence-electron chi connectivity index (χ4n) is 2.22. The zero-order valence-corrected chi connectivity index (χ0v) is 16.0. The van der Waals surface area contributed by atoms with E-state index in [1.165, 1.54) is 7.11 Å². The summed E-state index contributed by atoms with van der Waals surface area (Å²) in [7, 11) is 1.46. The lowest BCUT2D eigenvalue weighted by Crippen LogP contribution is -2.36. The van der Waals surface area contributed by atoms with Crippen molar-refractivity contribution in [3.63, 3.8) is 0 Å². The van der Waals surface area contributed by atoms with Crippen molar-refractivity contribution in [3.05, 3.63) is 28.5 Å². The number of rotatable bonds is 3. The number of pyridine rings is 1. The van der Waals surface area contributed by atoms with Gasteiger partial charge < -0.3 is 4.74 Å². The Morgan fingerprint density at radius 3 is 2.32 bits per heavy atom. The van der Waals surface area contributed by atoms with Gasteiger partial charge in [-0.2, -0.15) is 0 Å². The quantitative estimate of drug-likeness (QED) is 0.742. The molecule has 0 spiro atoms. The second-order valence-corrected chi connectivity index (χ2v) is 5.46. The zero-order valence-electron chi connectivity index (χ0n) is 14.4. The number of esters is 1. The van der Waals surface area contributed by atoms with Crippen LogP contribution in [0.3, 0.4) is 0 Å². The third-order valence-electron chi connectivity index (χ3n) is 3.30. The first-order valence-electron chi connectivity index (χ1n) is 8.09. The average Bonchev–Trinajstić information content (AvgIpc) is 2.60. The summed E-state index contributed by atoms with van der Waals surface area (Å²) in [5.41, 5.74) is 1.06. The van der Waals surface area contributed by atoms with Crippen molar-refractivity contribution in [1.82, 2.24) is 9.88 Å². The lowest BCUT2D eigenvalue weighted by atomic mass is 9.97. The van der Waals surface area contributed by atoms with E-state index in [0.29, 0.717) is 0 Å². The topological polar surface area (TPSA) is 42.4 Å². The molecule has 2 heterocycles. The fourth-order valence-corrected chi connectivity index (χ4v) is 2.46. The van der Waals surface area contributed by atoms with Crippen molar-refractivity contribution in [3.8, 4) is 0 Å². The summed E-state index contributed by atoms with van der Waals surface area (Å²) in [5, 5.41) is 0. The van der Waals surface area contributed by atoms with Crippen LogP contribution in [0.25, 0.3) is 0 Å². The summed E-state index contributed by atoms with van der Waals surface area (Å²) in [6, 6.07) is 4.03. The molecule has 0 aromatic carbocycles. The molecule has 0 unspecified atom stereocenters. The van der Waals surface area contributed by atoms with E-state index in [9.17, 15) is 4.79 Å². The predicted octanol–water partition coefficient (Wildman–Crippen LogP) is 4.28. The highest BCUT2D eigenvalue weighted by Crippen LogP contribution is 2.20. The van der Waals surface area contributed by atoms with Crippen LogP contribution in [0.4, 0.5) is 0 Å². The Morgan fingerprint density at radius 2 is 1.86 bits per heavy atom. The summed E-state index contributed by atoms with van der Waals surface area (Å²) in [6.45, 7) is 10.7.